The first-order chi connectivity index (χ1) is 8.17. The average Bonchev–Trinajstić information content (AvgIpc) is 2.66. The Labute approximate surface area is 99.3 Å². The van der Waals surface area contributed by atoms with Gasteiger partial charge in [-0.1, -0.05) is 13.3 Å². The predicted octanol–water partition coefficient (Wildman–Crippen LogP) is 2.54. The van der Waals surface area contributed by atoms with Crippen LogP contribution >= 0.6 is 0 Å². The van der Waals surface area contributed by atoms with Gasteiger partial charge in [0.05, 0.1) is 29.6 Å². The first-order valence-corrected chi connectivity index (χ1v) is 5.52. The molecule has 4 nitrogen and oxygen atoms in total. The quantitative estimate of drug-likeness (QED) is 0.751. The Balaban J connectivity index is 2.36. The average molecular weight is 231 g/mol. The van der Waals surface area contributed by atoms with Crippen LogP contribution < -0.4 is 0 Å². The van der Waals surface area contributed by atoms with Gasteiger partial charge in [-0.25, -0.2) is 9.79 Å². The predicted molar refractivity (Wildman–Crippen MR) is 64.1 cm³/mol. The summed E-state index contributed by atoms with van der Waals surface area (Å²) in [7, 11) is 1.32. The van der Waals surface area contributed by atoms with Gasteiger partial charge in [-0.2, -0.15) is 0 Å². The smallest absolute Gasteiger partial charge is 0.337 e. The second kappa shape index (κ2) is 4.49. The molecule has 1 heterocycles. The third kappa shape index (κ3) is 1.98. The van der Waals surface area contributed by atoms with Crippen molar-refractivity contribution in [3.8, 4) is 0 Å². The van der Waals surface area contributed by atoms with E-state index in [1.54, 1.807) is 18.2 Å². The van der Waals surface area contributed by atoms with Crippen molar-refractivity contribution < 1.29 is 14.3 Å². The van der Waals surface area contributed by atoms with Crippen molar-refractivity contribution >= 4 is 23.2 Å². The summed E-state index contributed by atoms with van der Waals surface area (Å²) < 4.78 is 4.62. The summed E-state index contributed by atoms with van der Waals surface area (Å²) in [5.74, 6) is -0.517. The van der Waals surface area contributed by atoms with Crippen molar-refractivity contribution in [2.45, 2.75) is 19.8 Å². The minimum Gasteiger partial charge on any atom is -0.465 e. The maximum absolute atomic E-state index is 12.0. The number of aliphatic imine (C=N–C) groups is 1. The van der Waals surface area contributed by atoms with Crippen LogP contribution in [0, 0.1) is 0 Å². The summed E-state index contributed by atoms with van der Waals surface area (Å²) in [5, 5.41) is 0. The molecule has 0 fully saturated rings. The highest BCUT2D eigenvalue weighted by Gasteiger charge is 2.24. The van der Waals surface area contributed by atoms with E-state index in [4.69, 9.17) is 0 Å². The fourth-order valence-corrected chi connectivity index (χ4v) is 1.82. The second-order valence-electron chi connectivity index (χ2n) is 3.86. The van der Waals surface area contributed by atoms with Gasteiger partial charge >= 0.3 is 5.97 Å². The number of esters is 1. The molecule has 0 atom stereocenters. The van der Waals surface area contributed by atoms with Crippen molar-refractivity contribution in [3.05, 3.63) is 29.3 Å². The molecule has 0 aliphatic carbocycles. The van der Waals surface area contributed by atoms with Crippen molar-refractivity contribution in [3.63, 3.8) is 0 Å². The van der Waals surface area contributed by atoms with E-state index < -0.39 is 5.97 Å². The van der Waals surface area contributed by atoms with Gasteiger partial charge in [-0.15, -0.1) is 0 Å². The summed E-state index contributed by atoms with van der Waals surface area (Å²) in [5.41, 5.74) is 2.10. The van der Waals surface area contributed by atoms with Gasteiger partial charge in [0.2, 0.25) is 5.78 Å². The molecular weight excluding hydrogens is 218 g/mol. The molecule has 1 aliphatic rings. The van der Waals surface area contributed by atoms with Gasteiger partial charge in [-0.3, -0.25) is 4.79 Å². The number of ketones is 1. The minimum absolute atomic E-state index is 0.0763. The highest BCUT2D eigenvalue weighted by atomic mass is 16.5. The molecule has 0 bridgehead atoms. The highest BCUT2D eigenvalue weighted by Crippen LogP contribution is 2.29. The topological polar surface area (TPSA) is 55.7 Å². The summed E-state index contributed by atoms with van der Waals surface area (Å²) in [4.78, 5) is 27.6. The third-order valence-electron chi connectivity index (χ3n) is 2.67. The van der Waals surface area contributed by atoms with Crippen LogP contribution in [0.25, 0.3) is 0 Å². The lowest BCUT2D eigenvalue weighted by atomic mass is 10.0. The zero-order chi connectivity index (χ0) is 12.4. The van der Waals surface area contributed by atoms with Gasteiger partial charge in [0.15, 0.2) is 0 Å². The Kier molecular flexibility index (Phi) is 3.04. The van der Waals surface area contributed by atoms with Crippen LogP contribution in [0.4, 0.5) is 5.69 Å². The molecule has 1 aromatic rings. The number of carbonyl (C=O) groups is 2. The van der Waals surface area contributed by atoms with Crippen LogP contribution in [0.5, 0.6) is 0 Å². The Morgan fingerprint density at radius 1 is 1.41 bits per heavy atom. The molecule has 0 unspecified atom stereocenters. The number of rotatable bonds is 3. The first-order valence-electron chi connectivity index (χ1n) is 5.52. The number of fused-ring (bicyclic) bond motifs is 1. The van der Waals surface area contributed by atoms with E-state index in [9.17, 15) is 9.59 Å². The molecule has 0 N–H and O–H groups in total. The molecule has 1 aromatic carbocycles. The zero-order valence-corrected chi connectivity index (χ0v) is 9.82. The van der Waals surface area contributed by atoms with E-state index in [1.807, 2.05) is 6.92 Å². The number of methoxy groups -OCH3 is 1. The number of hydrogen-bond acceptors (Lipinski definition) is 4. The molecule has 0 spiro atoms. The van der Waals surface area contributed by atoms with E-state index in [0.29, 0.717) is 28.9 Å². The van der Waals surface area contributed by atoms with Gasteiger partial charge < -0.3 is 4.74 Å². The van der Waals surface area contributed by atoms with E-state index in [-0.39, 0.29) is 5.78 Å². The minimum atomic E-state index is -0.440. The second-order valence-corrected chi connectivity index (χ2v) is 3.86. The number of hydrogen-bond donors (Lipinski definition) is 0. The Morgan fingerprint density at radius 2 is 2.18 bits per heavy atom. The van der Waals surface area contributed by atoms with Crippen LogP contribution in [-0.4, -0.2) is 24.6 Å². The first kappa shape index (κ1) is 11.5. The van der Waals surface area contributed by atoms with Crippen LogP contribution in [0.3, 0.4) is 0 Å². The molecule has 0 amide bonds. The fourth-order valence-electron chi connectivity index (χ4n) is 1.82. The van der Waals surface area contributed by atoms with E-state index in [0.717, 1.165) is 6.42 Å². The number of benzene rings is 1. The molecule has 0 radical (unpaired) electrons. The number of Topliss-reactive ketones (excluding diaryl/α,β-unsaturated/α-hetero) is 1. The van der Waals surface area contributed by atoms with Crippen molar-refractivity contribution in [1.82, 2.24) is 0 Å². The Bertz CT molecular complexity index is 517. The number of ether oxygens (including phenoxy) is 1. The molecule has 17 heavy (non-hydrogen) atoms. The molecule has 4 heteroatoms. The number of nitrogens with zero attached hydrogens (tertiary/aromatic N) is 1. The summed E-state index contributed by atoms with van der Waals surface area (Å²) in [6, 6.07) is 4.86. The van der Waals surface area contributed by atoms with E-state index in [1.165, 1.54) is 7.11 Å². The third-order valence-corrected chi connectivity index (χ3v) is 2.67. The molecule has 0 saturated heterocycles. The lowest BCUT2D eigenvalue weighted by Gasteiger charge is -2.01. The molecule has 88 valence electrons. The largest absolute Gasteiger partial charge is 0.465 e. The van der Waals surface area contributed by atoms with Crippen molar-refractivity contribution in [1.29, 1.82) is 0 Å². The normalized spacial score (nSPS) is 13.3. The zero-order valence-electron chi connectivity index (χ0n) is 9.82. The fraction of sp³-hybridized carbons (Fsp3) is 0.308. The summed E-state index contributed by atoms with van der Waals surface area (Å²) >= 11 is 0. The van der Waals surface area contributed by atoms with Gasteiger partial charge in [0.25, 0.3) is 0 Å². The van der Waals surface area contributed by atoms with Crippen molar-refractivity contribution in [2.24, 2.45) is 4.99 Å². The van der Waals surface area contributed by atoms with Crippen LogP contribution in [0.2, 0.25) is 0 Å². The van der Waals surface area contributed by atoms with Crippen LogP contribution in [0.1, 0.15) is 40.5 Å². The van der Waals surface area contributed by atoms with Gasteiger partial charge in [0.1, 0.15) is 0 Å². The SMILES string of the molecule is CCCC1=Nc2ccc(C(=O)OC)cc2C1=O. The molecular formula is C13H13NO3. The highest BCUT2D eigenvalue weighted by molar-refractivity contribution is 6.49. The van der Waals surface area contributed by atoms with E-state index in [2.05, 4.69) is 9.73 Å². The standard InChI is InChI=1S/C13H13NO3/c1-3-4-11-12(15)9-7-8(13(16)17-2)5-6-10(9)14-11/h5-7H,3-4H2,1-2H3. The molecule has 0 aromatic heterocycles. The van der Waals surface area contributed by atoms with Crippen molar-refractivity contribution in [2.75, 3.05) is 7.11 Å². The summed E-state index contributed by atoms with van der Waals surface area (Å²) in [6.45, 7) is 2.00. The van der Waals surface area contributed by atoms with Gasteiger partial charge in [0, 0.05) is 0 Å². The molecule has 0 saturated carbocycles. The van der Waals surface area contributed by atoms with Crippen LogP contribution in [0.15, 0.2) is 23.2 Å². The maximum atomic E-state index is 12.0. The van der Waals surface area contributed by atoms with Gasteiger partial charge in [-0.05, 0) is 24.6 Å². The molecule has 1 aliphatic heterocycles. The number of carbonyl (C=O) groups excluding carboxylic acids is 2. The summed E-state index contributed by atoms with van der Waals surface area (Å²) in [6.07, 6.45) is 1.55. The monoisotopic (exact) mass is 231 g/mol. The Morgan fingerprint density at radius 3 is 2.82 bits per heavy atom. The Hall–Kier alpha value is -1.97. The lowest BCUT2D eigenvalue weighted by molar-refractivity contribution is 0.0601. The molecule has 2 rings (SSSR count). The van der Waals surface area contributed by atoms with Crippen LogP contribution in [-0.2, 0) is 4.74 Å². The maximum Gasteiger partial charge on any atom is 0.337 e. The lowest BCUT2D eigenvalue weighted by Crippen LogP contribution is -2.10. The van der Waals surface area contributed by atoms with E-state index >= 15 is 0 Å².